The van der Waals surface area contributed by atoms with Gasteiger partial charge in [0.2, 0.25) is 11.8 Å². The Balaban J connectivity index is 1.60. The molecule has 0 bridgehead atoms. The first-order valence-corrected chi connectivity index (χ1v) is 10.3. The van der Waals surface area contributed by atoms with Crippen molar-refractivity contribution in [1.82, 2.24) is 0 Å². The summed E-state index contributed by atoms with van der Waals surface area (Å²) in [5, 5.41) is 2.94. The summed E-state index contributed by atoms with van der Waals surface area (Å²) in [5.41, 5.74) is 6.96. The van der Waals surface area contributed by atoms with E-state index in [-0.39, 0.29) is 24.8 Å². The molecule has 0 atom stereocenters. The van der Waals surface area contributed by atoms with Gasteiger partial charge in [-0.25, -0.2) is 0 Å². The van der Waals surface area contributed by atoms with Gasteiger partial charge in [0, 0.05) is 5.69 Å². The summed E-state index contributed by atoms with van der Waals surface area (Å²) in [7, 11) is 0. The van der Waals surface area contributed by atoms with Crippen molar-refractivity contribution in [2.75, 3.05) is 16.8 Å². The zero-order valence-corrected chi connectivity index (χ0v) is 18.0. The number of anilines is 2. The molecule has 0 fully saturated rings. The number of nitrogens with zero attached hydrogens (tertiary/aromatic N) is 2. The number of hydrogen-bond donors (Lipinski definition) is 1. The van der Waals surface area contributed by atoms with E-state index in [0.717, 1.165) is 27.9 Å². The molecule has 156 valence electrons. The van der Waals surface area contributed by atoms with Gasteiger partial charge in [0.05, 0.1) is 23.5 Å². The average molecular weight is 412 g/mol. The van der Waals surface area contributed by atoms with Crippen LogP contribution in [0.3, 0.4) is 0 Å². The highest BCUT2D eigenvalue weighted by molar-refractivity contribution is 6.19. The van der Waals surface area contributed by atoms with Gasteiger partial charge in [-0.3, -0.25) is 14.6 Å². The number of fused-ring (bicyclic) bond motifs is 1. The highest BCUT2D eigenvalue weighted by Crippen LogP contribution is 2.33. The maximum absolute atomic E-state index is 13.2. The number of amides is 2. The predicted octanol–water partition coefficient (Wildman–Crippen LogP) is 5.11. The summed E-state index contributed by atoms with van der Waals surface area (Å²) >= 11 is 0. The largest absolute Gasteiger partial charge is 0.324 e. The third-order valence-corrected chi connectivity index (χ3v) is 5.39. The molecular weight excluding hydrogens is 386 g/mol. The SMILES string of the molecule is Cc1ccc(C2=Nc3ccccc3N(CC(=O)Nc3ccc(C)cc3C)C(=O)C2)cc1. The van der Waals surface area contributed by atoms with Gasteiger partial charge in [-0.1, -0.05) is 59.7 Å². The summed E-state index contributed by atoms with van der Waals surface area (Å²) in [6, 6.07) is 21.3. The number of para-hydroxylation sites is 2. The van der Waals surface area contributed by atoms with Crippen LogP contribution in [-0.4, -0.2) is 24.1 Å². The van der Waals surface area contributed by atoms with Crippen molar-refractivity contribution >= 4 is 34.6 Å². The number of aryl methyl sites for hydroxylation is 3. The molecule has 31 heavy (non-hydrogen) atoms. The van der Waals surface area contributed by atoms with Gasteiger partial charge in [-0.15, -0.1) is 0 Å². The molecule has 3 aromatic carbocycles. The Morgan fingerprint density at radius 2 is 1.68 bits per heavy atom. The van der Waals surface area contributed by atoms with E-state index >= 15 is 0 Å². The van der Waals surface area contributed by atoms with E-state index in [1.54, 1.807) is 0 Å². The molecule has 0 saturated carbocycles. The standard InChI is InChI=1S/C26H25N3O2/c1-17-8-11-20(12-9-17)23-15-26(31)29(24-7-5-4-6-22(24)27-23)16-25(30)28-21-13-10-18(2)14-19(21)3/h4-14H,15-16H2,1-3H3,(H,28,30). The van der Waals surface area contributed by atoms with Gasteiger partial charge in [0.1, 0.15) is 6.54 Å². The Hall–Kier alpha value is -3.73. The molecule has 1 aliphatic heterocycles. The van der Waals surface area contributed by atoms with E-state index in [1.807, 2.05) is 87.5 Å². The molecular formula is C26H25N3O2. The topological polar surface area (TPSA) is 61.8 Å². The predicted molar refractivity (Wildman–Crippen MR) is 125 cm³/mol. The molecule has 0 unspecified atom stereocenters. The van der Waals surface area contributed by atoms with Crippen molar-refractivity contribution in [3.63, 3.8) is 0 Å². The van der Waals surface area contributed by atoms with Crippen LogP contribution in [0.1, 0.15) is 28.7 Å². The van der Waals surface area contributed by atoms with Crippen LogP contribution in [0.4, 0.5) is 17.1 Å². The second kappa shape index (κ2) is 8.56. The fraction of sp³-hybridized carbons (Fsp3) is 0.192. The third kappa shape index (κ3) is 4.56. The summed E-state index contributed by atoms with van der Waals surface area (Å²) in [5.74, 6) is -0.394. The Morgan fingerprint density at radius 1 is 0.968 bits per heavy atom. The van der Waals surface area contributed by atoms with Crippen LogP contribution in [0.2, 0.25) is 0 Å². The third-order valence-electron chi connectivity index (χ3n) is 5.39. The zero-order chi connectivity index (χ0) is 22.0. The lowest BCUT2D eigenvalue weighted by Gasteiger charge is -2.22. The van der Waals surface area contributed by atoms with Crippen LogP contribution in [0.25, 0.3) is 0 Å². The quantitative estimate of drug-likeness (QED) is 0.649. The molecule has 1 N–H and O–H groups in total. The molecule has 1 aliphatic rings. The highest BCUT2D eigenvalue weighted by Gasteiger charge is 2.26. The van der Waals surface area contributed by atoms with E-state index in [0.29, 0.717) is 17.1 Å². The first-order valence-electron chi connectivity index (χ1n) is 10.3. The molecule has 0 spiro atoms. The Bertz CT molecular complexity index is 1180. The Labute approximate surface area is 182 Å². The van der Waals surface area contributed by atoms with E-state index in [9.17, 15) is 9.59 Å². The summed E-state index contributed by atoms with van der Waals surface area (Å²) in [4.78, 5) is 32.3. The van der Waals surface area contributed by atoms with Gasteiger partial charge in [0.25, 0.3) is 0 Å². The average Bonchev–Trinajstić information content (AvgIpc) is 2.87. The van der Waals surface area contributed by atoms with Gasteiger partial charge in [-0.05, 0) is 50.1 Å². The molecule has 0 aromatic heterocycles. The first kappa shape index (κ1) is 20.5. The highest BCUT2D eigenvalue weighted by atomic mass is 16.2. The molecule has 1 heterocycles. The van der Waals surface area contributed by atoms with Gasteiger partial charge in [-0.2, -0.15) is 0 Å². The molecule has 0 radical (unpaired) electrons. The summed E-state index contributed by atoms with van der Waals surface area (Å²) < 4.78 is 0. The number of carbonyl (C=O) groups is 2. The molecule has 3 aromatic rings. The van der Waals surface area contributed by atoms with Crippen molar-refractivity contribution in [1.29, 1.82) is 0 Å². The van der Waals surface area contributed by atoms with Gasteiger partial charge in [0.15, 0.2) is 0 Å². The second-order valence-corrected chi connectivity index (χ2v) is 7.94. The molecule has 5 nitrogen and oxygen atoms in total. The first-order chi connectivity index (χ1) is 14.9. The molecule has 2 amide bonds. The monoisotopic (exact) mass is 411 g/mol. The molecule has 0 saturated heterocycles. The van der Waals surface area contributed by atoms with Gasteiger partial charge >= 0.3 is 0 Å². The van der Waals surface area contributed by atoms with Crippen LogP contribution in [0, 0.1) is 20.8 Å². The molecule has 5 heteroatoms. The number of carbonyl (C=O) groups excluding carboxylic acids is 2. The smallest absolute Gasteiger partial charge is 0.244 e. The fourth-order valence-electron chi connectivity index (χ4n) is 3.72. The number of nitrogens with one attached hydrogen (secondary N) is 1. The van der Waals surface area contributed by atoms with Gasteiger partial charge < -0.3 is 10.2 Å². The minimum Gasteiger partial charge on any atom is -0.324 e. The number of aliphatic imine (C=N–C) groups is 1. The van der Waals surface area contributed by atoms with Crippen LogP contribution >= 0.6 is 0 Å². The normalized spacial score (nSPS) is 13.3. The molecule has 4 rings (SSSR count). The zero-order valence-electron chi connectivity index (χ0n) is 18.0. The van der Waals surface area contributed by atoms with Crippen LogP contribution in [0.5, 0.6) is 0 Å². The lowest BCUT2D eigenvalue weighted by atomic mass is 10.1. The summed E-state index contributed by atoms with van der Waals surface area (Å²) in [6.45, 7) is 5.92. The van der Waals surface area contributed by atoms with E-state index in [2.05, 4.69) is 5.32 Å². The van der Waals surface area contributed by atoms with Crippen molar-refractivity contribution < 1.29 is 9.59 Å². The lowest BCUT2D eigenvalue weighted by molar-refractivity contribution is -0.120. The maximum atomic E-state index is 13.2. The molecule has 0 aliphatic carbocycles. The van der Waals surface area contributed by atoms with Crippen molar-refractivity contribution in [3.8, 4) is 0 Å². The van der Waals surface area contributed by atoms with Crippen LogP contribution in [-0.2, 0) is 9.59 Å². The maximum Gasteiger partial charge on any atom is 0.244 e. The number of benzene rings is 3. The van der Waals surface area contributed by atoms with Crippen molar-refractivity contribution in [2.24, 2.45) is 4.99 Å². The lowest BCUT2D eigenvalue weighted by Crippen LogP contribution is -2.38. The number of hydrogen-bond acceptors (Lipinski definition) is 3. The van der Waals surface area contributed by atoms with Crippen LogP contribution in [0.15, 0.2) is 71.7 Å². The van der Waals surface area contributed by atoms with Crippen molar-refractivity contribution in [3.05, 3.63) is 89.0 Å². The van der Waals surface area contributed by atoms with E-state index in [4.69, 9.17) is 4.99 Å². The fourth-order valence-corrected chi connectivity index (χ4v) is 3.72. The minimum atomic E-state index is -0.242. The Kier molecular flexibility index (Phi) is 5.67. The Morgan fingerprint density at radius 3 is 2.42 bits per heavy atom. The van der Waals surface area contributed by atoms with Crippen LogP contribution < -0.4 is 10.2 Å². The second-order valence-electron chi connectivity index (χ2n) is 7.94. The number of rotatable bonds is 4. The minimum absolute atomic E-state index is 0.0696. The van der Waals surface area contributed by atoms with Crippen molar-refractivity contribution in [2.45, 2.75) is 27.2 Å². The summed E-state index contributed by atoms with van der Waals surface area (Å²) in [6.07, 6.45) is 0.134. The van der Waals surface area contributed by atoms with E-state index < -0.39 is 0 Å². The van der Waals surface area contributed by atoms with E-state index in [1.165, 1.54) is 4.90 Å².